The maximum Gasteiger partial charge on any atom is 0.341 e. The first-order valence-electron chi connectivity index (χ1n) is 9.84. The third-order valence-electron chi connectivity index (χ3n) is 4.86. The molecule has 1 aliphatic carbocycles. The molecule has 0 unspecified atom stereocenters. The Bertz CT molecular complexity index is 1010. The third-order valence-corrected chi connectivity index (χ3v) is 6.94. The monoisotopic (exact) mass is 429 g/mol. The highest BCUT2D eigenvalue weighted by molar-refractivity contribution is 7.99. The molecule has 0 spiro atoms. The number of carbonyl (C=O) groups excluding carboxylic acids is 2. The van der Waals surface area contributed by atoms with Gasteiger partial charge in [-0.1, -0.05) is 30.3 Å². The molecule has 0 fully saturated rings. The number of aryl methyl sites for hydroxylation is 1. The molecule has 8 heteroatoms. The molecule has 4 rings (SSSR count). The molecule has 2 N–H and O–H groups in total. The fourth-order valence-electron chi connectivity index (χ4n) is 3.54. The number of aromatic nitrogens is 2. The minimum absolute atomic E-state index is 0.155. The number of thiophene rings is 1. The van der Waals surface area contributed by atoms with Crippen molar-refractivity contribution in [2.45, 2.75) is 44.2 Å². The van der Waals surface area contributed by atoms with E-state index in [1.807, 2.05) is 24.3 Å². The number of anilines is 1. The molecule has 2 aromatic heterocycles. The number of imidazole rings is 1. The summed E-state index contributed by atoms with van der Waals surface area (Å²) in [4.78, 5) is 34.1. The zero-order chi connectivity index (χ0) is 20.2. The van der Waals surface area contributed by atoms with Crippen LogP contribution in [0.15, 0.2) is 29.4 Å². The number of carbonyl (C=O) groups is 2. The minimum atomic E-state index is -0.341. The summed E-state index contributed by atoms with van der Waals surface area (Å²) in [6, 6.07) is 7.76. The standard InChI is InChI=1S/C21H23N3O3S2/c1-2-27-20(26)18-13-8-4-3-5-11-16(13)29-19(18)24-17(25)12-28-21-22-14-9-6-7-10-15(14)23-21/h6-7,9-10H,2-5,8,11-12H2,1H3,(H,22,23)(H,24,25). The lowest BCUT2D eigenvalue weighted by Crippen LogP contribution is -2.17. The van der Waals surface area contributed by atoms with Crippen molar-refractivity contribution >= 4 is 51.0 Å². The van der Waals surface area contributed by atoms with Crippen molar-refractivity contribution in [3.05, 3.63) is 40.3 Å². The molecule has 0 aliphatic heterocycles. The molecule has 1 aliphatic rings. The molecule has 1 aromatic carbocycles. The maximum atomic E-state index is 12.6. The molecule has 0 saturated carbocycles. The van der Waals surface area contributed by atoms with Crippen molar-refractivity contribution in [3.8, 4) is 0 Å². The smallest absolute Gasteiger partial charge is 0.341 e. The quantitative estimate of drug-likeness (QED) is 0.334. The van der Waals surface area contributed by atoms with E-state index < -0.39 is 0 Å². The van der Waals surface area contributed by atoms with Crippen LogP contribution in [0.25, 0.3) is 11.0 Å². The van der Waals surface area contributed by atoms with Gasteiger partial charge in [0.15, 0.2) is 5.16 Å². The van der Waals surface area contributed by atoms with Crippen LogP contribution in [0.5, 0.6) is 0 Å². The Morgan fingerprint density at radius 1 is 1.24 bits per heavy atom. The van der Waals surface area contributed by atoms with E-state index in [-0.39, 0.29) is 17.6 Å². The van der Waals surface area contributed by atoms with Crippen molar-refractivity contribution in [2.75, 3.05) is 17.7 Å². The Morgan fingerprint density at radius 3 is 2.90 bits per heavy atom. The van der Waals surface area contributed by atoms with Crippen molar-refractivity contribution in [1.82, 2.24) is 9.97 Å². The van der Waals surface area contributed by atoms with Gasteiger partial charge < -0.3 is 15.0 Å². The number of thioether (sulfide) groups is 1. The minimum Gasteiger partial charge on any atom is -0.462 e. The van der Waals surface area contributed by atoms with E-state index in [4.69, 9.17) is 4.74 Å². The molecule has 6 nitrogen and oxygen atoms in total. The Hall–Kier alpha value is -2.32. The molecule has 3 aromatic rings. The van der Waals surface area contributed by atoms with Gasteiger partial charge in [-0.05, 0) is 50.3 Å². The number of rotatable bonds is 6. The average Bonchev–Trinajstić information content (AvgIpc) is 3.20. The number of amides is 1. The molecular weight excluding hydrogens is 406 g/mol. The van der Waals surface area contributed by atoms with Gasteiger partial charge in [-0.2, -0.15) is 0 Å². The molecule has 152 valence electrons. The van der Waals surface area contributed by atoms with Gasteiger partial charge in [-0.25, -0.2) is 9.78 Å². The topological polar surface area (TPSA) is 84.1 Å². The SMILES string of the molecule is CCOC(=O)c1c(NC(=O)CSc2nc3ccccc3[nH]2)sc2c1CCCCC2. The summed E-state index contributed by atoms with van der Waals surface area (Å²) >= 11 is 2.86. The van der Waals surface area contributed by atoms with Gasteiger partial charge in [0.25, 0.3) is 0 Å². The molecule has 0 radical (unpaired) electrons. The van der Waals surface area contributed by atoms with Crippen LogP contribution in [-0.2, 0) is 22.4 Å². The number of fused-ring (bicyclic) bond motifs is 2. The van der Waals surface area contributed by atoms with Crippen molar-refractivity contribution in [1.29, 1.82) is 0 Å². The van der Waals surface area contributed by atoms with Crippen molar-refractivity contribution < 1.29 is 14.3 Å². The number of aromatic amines is 1. The highest BCUT2D eigenvalue weighted by Gasteiger charge is 2.26. The second-order valence-corrected chi connectivity index (χ2v) is 8.95. The number of benzene rings is 1. The third kappa shape index (κ3) is 4.48. The van der Waals surface area contributed by atoms with Crippen LogP contribution in [-0.4, -0.2) is 34.2 Å². The Labute approximate surface area is 177 Å². The first kappa shape index (κ1) is 20.0. The van der Waals surface area contributed by atoms with E-state index in [0.717, 1.165) is 42.3 Å². The van der Waals surface area contributed by atoms with Gasteiger partial charge in [0.1, 0.15) is 5.00 Å². The van der Waals surface area contributed by atoms with Crippen LogP contribution in [0.3, 0.4) is 0 Å². The predicted octanol–water partition coefficient (Wildman–Crippen LogP) is 4.80. The van der Waals surface area contributed by atoms with Crippen molar-refractivity contribution in [3.63, 3.8) is 0 Å². The normalized spacial score (nSPS) is 13.7. The Morgan fingerprint density at radius 2 is 2.07 bits per heavy atom. The predicted molar refractivity (Wildman–Crippen MR) is 117 cm³/mol. The number of nitrogens with one attached hydrogen (secondary N) is 2. The summed E-state index contributed by atoms with van der Waals surface area (Å²) in [6.07, 6.45) is 5.16. The molecule has 0 saturated heterocycles. The van der Waals surface area contributed by atoms with Gasteiger partial charge in [0.2, 0.25) is 5.91 Å². The average molecular weight is 430 g/mol. The summed E-state index contributed by atoms with van der Waals surface area (Å²) in [7, 11) is 0. The summed E-state index contributed by atoms with van der Waals surface area (Å²) in [5.41, 5.74) is 3.44. The van der Waals surface area contributed by atoms with Gasteiger partial charge in [-0.3, -0.25) is 4.79 Å². The molecule has 0 bridgehead atoms. The number of hydrogen-bond acceptors (Lipinski definition) is 6. The first-order valence-corrected chi connectivity index (χ1v) is 11.6. The lowest BCUT2D eigenvalue weighted by molar-refractivity contribution is -0.113. The molecule has 1 amide bonds. The summed E-state index contributed by atoms with van der Waals surface area (Å²) < 4.78 is 5.27. The fraction of sp³-hybridized carbons (Fsp3) is 0.381. The second kappa shape index (κ2) is 9.00. The van der Waals surface area contributed by atoms with Gasteiger partial charge in [-0.15, -0.1) is 11.3 Å². The summed E-state index contributed by atoms with van der Waals surface area (Å²) in [5.74, 6) is -0.283. The van der Waals surface area contributed by atoms with Gasteiger partial charge >= 0.3 is 5.97 Å². The summed E-state index contributed by atoms with van der Waals surface area (Å²) in [5, 5.41) is 4.27. The van der Waals surface area contributed by atoms with Crippen LogP contribution < -0.4 is 5.32 Å². The largest absolute Gasteiger partial charge is 0.462 e. The van der Waals surface area contributed by atoms with Crippen LogP contribution in [0.2, 0.25) is 0 Å². The maximum absolute atomic E-state index is 12.6. The van der Waals surface area contributed by atoms with Crippen LogP contribution >= 0.6 is 23.1 Å². The van der Waals surface area contributed by atoms with Gasteiger partial charge in [0, 0.05) is 4.88 Å². The van der Waals surface area contributed by atoms with E-state index in [2.05, 4.69) is 15.3 Å². The number of ether oxygens (including phenoxy) is 1. The van der Waals surface area contributed by atoms with Crippen LogP contribution in [0.1, 0.15) is 47.0 Å². The molecule has 29 heavy (non-hydrogen) atoms. The summed E-state index contributed by atoms with van der Waals surface area (Å²) in [6.45, 7) is 2.11. The lowest BCUT2D eigenvalue weighted by Gasteiger charge is -2.08. The zero-order valence-electron chi connectivity index (χ0n) is 16.2. The lowest BCUT2D eigenvalue weighted by atomic mass is 10.1. The number of esters is 1. The highest BCUT2D eigenvalue weighted by atomic mass is 32.2. The van der Waals surface area contributed by atoms with Crippen molar-refractivity contribution in [2.24, 2.45) is 0 Å². The number of nitrogens with zero attached hydrogens (tertiary/aromatic N) is 1. The molecule has 0 atom stereocenters. The van der Waals surface area contributed by atoms with Crippen LogP contribution in [0.4, 0.5) is 5.00 Å². The molecular formula is C21H23N3O3S2. The second-order valence-electron chi connectivity index (χ2n) is 6.89. The fourth-order valence-corrected chi connectivity index (χ4v) is 5.52. The zero-order valence-corrected chi connectivity index (χ0v) is 17.9. The Kier molecular flexibility index (Phi) is 6.20. The number of H-pyrrole nitrogens is 1. The van der Waals surface area contributed by atoms with E-state index in [9.17, 15) is 9.59 Å². The van der Waals surface area contributed by atoms with E-state index in [1.165, 1.54) is 34.4 Å². The number of para-hydroxylation sites is 2. The van der Waals surface area contributed by atoms with Crippen LogP contribution in [0, 0.1) is 0 Å². The van der Waals surface area contributed by atoms with E-state index in [0.29, 0.717) is 22.3 Å². The molecule has 2 heterocycles. The number of hydrogen-bond donors (Lipinski definition) is 2. The van der Waals surface area contributed by atoms with E-state index >= 15 is 0 Å². The van der Waals surface area contributed by atoms with E-state index in [1.54, 1.807) is 6.92 Å². The highest BCUT2D eigenvalue weighted by Crippen LogP contribution is 2.38. The Balaban J connectivity index is 1.48. The first-order chi connectivity index (χ1) is 14.2. The van der Waals surface area contributed by atoms with Gasteiger partial charge in [0.05, 0.1) is 29.0 Å².